The number of urea groups is 1. The molecule has 0 heterocycles. The molecule has 0 aliphatic carbocycles. The average molecular weight is 273 g/mol. The first kappa shape index (κ1) is 13.9. The van der Waals surface area contributed by atoms with Crippen molar-refractivity contribution in [1.29, 1.82) is 0 Å². The summed E-state index contributed by atoms with van der Waals surface area (Å²) >= 11 is 0. The third kappa shape index (κ3) is 3.71. The van der Waals surface area contributed by atoms with Crippen LogP contribution in [0.4, 0.5) is 20.6 Å². The second-order valence-electron chi connectivity index (χ2n) is 4.53. The topological polar surface area (TPSA) is 67.1 Å². The van der Waals surface area contributed by atoms with Crippen LogP contribution in [0.3, 0.4) is 0 Å². The monoisotopic (exact) mass is 273 g/mol. The number of amides is 2. The highest BCUT2D eigenvalue weighted by Crippen LogP contribution is 2.19. The quantitative estimate of drug-likeness (QED) is 0.752. The number of aryl methyl sites for hydroxylation is 1. The molecule has 0 fully saturated rings. The number of hydrogen-bond donors (Lipinski definition) is 3. The minimum Gasteiger partial charge on any atom is -0.397 e. The van der Waals surface area contributed by atoms with Crippen molar-refractivity contribution >= 4 is 17.4 Å². The van der Waals surface area contributed by atoms with Gasteiger partial charge in [0.2, 0.25) is 0 Å². The normalized spacial score (nSPS) is 10.1. The Kier molecular flexibility index (Phi) is 4.20. The predicted molar refractivity (Wildman–Crippen MR) is 77.8 cm³/mol. The fraction of sp³-hybridized carbons (Fsp3) is 0.133. The molecule has 4 N–H and O–H groups in total. The number of halogens is 1. The molecule has 0 aliphatic rings. The van der Waals surface area contributed by atoms with E-state index in [0.717, 1.165) is 5.56 Å². The van der Waals surface area contributed by atoms with E-state index in [2.05, 4.69) is 10.6 Å². The van der Waals surface area contributed by atoms with Gasteiger partial charge in [0.25, 0.3) is 0 Å². The smallest absolute Gasteiger partial charge is 0.319 e. The lowest BCUT2D eigenvalue weighted by Gasteiger charge is -2.10. The third-order valence-corrected chi connectivity index (χ3v) is 2.80. The number of anilines is 2. The summed E-state index contributed by atoms with van der Waals surface area (Å²) in [6.45, 7) is 2.16. The van der Waals surface area contributed by atoms with Crippen molar-refractivity contribution in [1.82, 2.24) is 5.32 Å². The van der Waals surface area contributed by atoms with Crippen molar-refractivity contribution in [3.63, 3.8) is 0 Å². The lowest BCUT2D eigenvalue weighted by Crippen LogP contribution is -2.28. The van der Waals surface area contributed by atoms with Gasteiger partial charge < -0.3 is 16.4 Å². The van der Waals surface area contributed by atoms with Crippen molar-refractivity contribution < 1.29 is 9.18 Å². The van der Waals surface area contributed by atoms with Gasteiger partial charge in [-0.25, -0.2) is 9.18 Å². The number of hydrogen-bond acceptors (Lipinski definition) is 2. The maximum absolute atomic E-state index is 13.0. The van der Waals surface area contributed by atoms with E-state index >= 15 is 0 Å². The highest BCUT2D eigenvalue weighted by atomic mass is 19.1. The maximum Gasteiger partial charge on any atom is 0.319 e. The zero-order valence-electron chi connectivity index (χ0n) is 11.1. The number of rotatable bonds is 3. The Morgan fingerprint density at radius 1 is 1.25 bits per heavy atom. The molecule has 5 heteroatoms. The number of nitrogens with one attached hydrogen (secondary N) is 2. The fourth-order valence-corrected chi connectivity index (χ4v) is 1.77. The van der Waals surface area contributed by atoms with E-state index < -0.39 is 0 Å². The number of nitrogens with two attached hydrogens (primary N) is 1. The Balaban J connectivity index is 1.94. The zero-order chi connectivity index (χ0) is 14.5. The molecule has 0 spiro atoms. The summed E-state index contributed by atoms with van der Waals surface area (Å²) in [6, 6.07) is 11.1. The van der Waals surface area contributed by atoms with Crippen LogP contribution in [0.25, 0.3) is 0 Å². The summed E-state index contributed by atoms with van der Waals surface area (Å²) in [4.78, 5) is 11.8. The van der Waals surface area contributed by atoms with Crippen LogP contribution in [0.5, 0.6) is 0 Å². The standard InChI is InChI=1S/C15H16FN3O/c1-10-5-6-13(17)14(7-10)19-15(20)18-9-11-3-2-4-12(16)8-11/h2-8H,9,17H2,1H3,(H2,18,19,20). The molecule has 2 rings (SSSR count). The summed E-state index contributed by atoms with van der Waals surface area (Å²) in [5.41, 5.74) is 8.52. The number of benzene rings is 2. The Morgan fingerprint density at radius 3 is 2.80 bits per heavy atom. The summed E-state index contributed by atoms with van der Waals surface area (Å²) in [7, 11) is 0. The van der Waals surface area contributed by atoms with Crippen LogP contribution in [-0.4, -0.2) is 6.03 Å². The molecule has 4 nitrogen and oxygen atoms in total. The predicted octanol–water partition coefficient (Wildman–Crippen LogP) is 3.04. The SMILES string of the molecule is Cc1ccc(N)c(NC(=O)NCc2cccc(F)c2)c1. The van der Waals surface area contributed by atoms with Gasteiger partial charge in [-0.15, -0.1) is 0 Å². The molecule has 0 aliphatic heterocycles. The van der Waals surface area contributed by atoms with Gasteiger partial charge in [0, 0.05) is 6.54 Å². The molecular weight excluding hydrogens is 257 g/mol. The first-order chi connectivity index (χ1) is 9.54. The van der Waals surface area contributed by atoms with Crippen LogP contribution < -0.4 is 16.4 Å². The molecular formula is C15H16FN3O. The van der Waals surface area contributed by atoms with Crippen LogP contribution >= 0.6 is 0 Å². The van der Waals surface area contributed by atoms with Crippen LogP contribution in [0.1, 0.15) is 11.1 Å². The summed E-state index contributed by atoms with van der Waals surface area (Å²) in [5, 5.41) is 5.32. The van der Waals surface area contributed by atoms with Gasteiger partial charge in [0.1, 0.15) is 5.82 Å². The van der Waals surface area contributed by atoms with E-state index in [0.29, 0.717) is 16.9 Å². The third-order valence-electron chi connectivity index (χ3n) is 2.80. The van der Waals surface area contributed by atoms with Gasteiger partial charge in [-0.05, 0) is 42.3 Å². The molecule has 0 atom stereocenters. The first-order valence-electron chi connectivity index (χ1n) is 6.20. The maximum atomic E-state index is 13.0. The van der Waals surface area contributed by atoms with Gasteiger partial charge in [0.05, 0.1) is 11.4 Å². The van der Waals surface area contributed by atoms with E-state index in [1.165, 1.54) is 12.1 Å². The number of nitrogen functional groups attached to an aromatic ring is 1. The second-order valence-corrected chi connectivity index (χ2v) is 4.53. The van der Waals surface area contributed by atoms with Gasteiger partial charge >= 0.3 is 6.03 Å². The number of carbonyl (C=O) groups is 1. The van der Waals surface area contributed by atoms with Crippen molar-refractivity contribution in [2.75, 3.05) is 11.1 Å². The average Bonchev–Trinajstić information content (AvgIpc) is 2.41. The Hall–Kier alpha value is -2.56. The lowest BCUT2D eigenvalue weighted by molar-refractivity contribution is 0.251. The highest BCUT2D eigenvalue weighted by molar-refractivity contribution is 5.92. The van der Waals surface area contributed by atoms with Crippen LogP contribution in [0, 0.1) is 12.7 Å². The summed E-state index contributed by atoms with van der Waals surface area (Å²) in [6.07, 6.45) is 0. The number of carbonyl (C=O) groups excluding carboxylic acids is 1. The largest absolute Gasteiger partial charge is 0.397 e. The highest BCUT2D eigenvalue weighted by Gasteiger charge is 2.05. The molecule has 2 aromatic rings. The minimum atomic E-state index is -0.383. The molecule has 20 heavy (non-hydrogen) atoms. The molecule has 0 aromatic heterocycles. The summed E-state index contributed by atoms with van der Waals surface area (Å²) < 4.78 is 13.0. The van der Waals surface area contributed by atoms with Crippen molar-refractivity contribution in [2.24, 2.45) is 0 Å². The molecule has 2 aromatic carbocycles. The van der Waals surface area contributed by atoms with Crippen LogP contribution in [-0.2, 0) is 6.54 Å². The molecule has 0 radical (unpaired) electrons. The Labute approximate surface area is 116 Å². The minimum absolute atomic E-state index is 0.245. The molecule has 0 bridgehead atoms. The molecule has 0 saturated heterocycles. The van der Waals surface area contributed by atoms with E-state index in [1.54, 1.807) is 24.3 Å². The first-order valence-corrected chi connectivity index (χ1v) is 6.20. The van der Waals surface area contributed by atoms with Gasteiger partial charge in [-0.3, -0.25) is 0 Å². The van der Waals surface area contributed by atoms with Crippen molar-refractivity contribution in [3.05, 3.63) is 59.4 Å². The van der Waals surface area contributed by atoms with Gasteiger partial charge in [-0.1, -0.05) is 18.2 Å². The lowest BCUT2D eigenvalue weighted by atomic mass is 10.2. The second kappa shape index (κ2) is 6.06. The zero-order valence-corrected chi connectivity index (χ0v) is 11.1. The van der Waals surface area contributed by atoms with Crippen molar-refractivity contribution in [3.8, 4) is 0 Å². The van der Waals surface area contributed by atoms with Gasteiger partial charge in [-0.2, -0.15) is 0 Å². The Bertz CT molecular complexity index is 628. The van der Waals surface area contributed by atoms with E-state index in [9.17, 15) is 9.18 Å². The molecule has 0 unspecified atom stereocenters. The van der Waals surface area contributed by atoms with E-state index in [4.69, 9.17) is 5.73 Å². The van der Waals surface area contributed by atoms with E-state index in [1.807, 2.05) is 13.0 Å². The van der Waals surface area contributed by atoms with Crippen molar-refractivity contribution in [2.45, 2.75) is 13.5 Å². The van der Waals surface area contributed by atoms with Gasteiger partial charge in [0.15, 0.2) is 0 Å². The molecule has 0 saturated carbocycles. The molecule has 2 amide bonds. The molecule has 104 valence electrons. The Morgan fingerprint density at radius 2 is 2.05 bits per heavy atom. The summed E-state index contributed by atoms with van der Waals surface area (Å²) in [5.74, 6) is -0.326. The van der Waals surface area contributed by atoms with E-state index in [-0.39, 0.29) is 18.4 Å². The van der Waals surface area contributed by atoms with Crippen LogP contribution in [0.2, 0.25) is 0 Å². The fourth-order valence-electron chi connectivity index (χ4n) is 1.77. The van der Waals surface area contributed by atoms with Crippen LogP contribution in [0.15, 0.2) is 42.5 Å².